The minimum Gasteiger partial charge on any atom is -0.306 e. The third-order valence-corrected chi connectivity index (χ3v) is 5.48. The van der Waals surface area contributed by atoms with Crippen LogP contribution < -0.4 is 5.32 Å². The summed E-state index contributed by atoms with van der Waals surface area (Å²) in [6.45, 7) is 2.81. The molecule has 2 aromatic rings. The lowest BCUT2D eigenvalue weighted by atomic mass is 9.96. The summed E-state index contributed by atoms with van der Waals surface area (Å²) in [5.41, 5.74) is 4.06. The molecule has 1 fully saturated rings. The largest absolute Gasteiger partial charge is 0.323 e. The number of thioether (sulfide) groups is 1. The number of nitrogens with zero attached hydrogens (tertiary/aromatic N) is 2. The van der Waals surface area contributed by atoms with Gasteiger partial charge in [0.2, 0.25) is 0 Å². The van der Waals surface area contributed by atoms with Crippen LogP contribution in [-0.4, -0.2) is 28.2 Å². The van der Waals surface area contributed by atoms with Crippen LogP contribution in [0.1, 0.15) is 16.8 Å². The normalized spacial score (nSPS) is 23.5. The van der Waals surface area contributed by atoms with Crippen molar-refractivity contribution in [3.63, 3.8) is 0 Å². The number of amides is 2. The summed E-state index contributed by atoms with van der Waals surface area (Å²) in [6.07, 6.45) is 1.80. The number of hydrogen-bond acceptors (Lipinski definition) is 3. The number of aromatic nitrogens is 1. The molecule has 3 heterocycles. The molecule has 2 amide bonds. The molecule has 1 aromatic carbocycles. The Bertz CT molecular complexity index is 733. The highest BCUT2D eigenvalue weighted by molar-refractivity contribution is 8.00. The SMILES string of the molecule is Cc1cccc(C23SCCN2C(=O)Nc2cccnc23)c1. The van der Waals surface area contributed by atoms with Crippen LogP contribution in [0.3, 0.4) is 0 Å². The number of carbonyl (C=O) groups is 1. The number of carbonyl (C=O) groups excluding carboxylic acids is 1. The standard InChI is InChI=1S/C16H15N3OS/c1-11-4-2-5-12(10-11)16-14-13(6-3-7-17-14)18-15(20)19(16)8-9-21-16/h2-7,10H,8-9H2,1H3,(H,18,20). The van der Waals surface area contributed by atoms with E-state index in [2.05, 4.69) is 35.4 Å². The first-order chi connectivity index (χ1) is 10.2. The highest BCUT2D eigenvalue weighted by Crippen LogP contribution is 2.53. The van der Waals surface area contributed by atoms with E-state index in [4.69, 9.17) is 0 Å². The third kappa shape index (κ3) is 1.70. The number of hydrogen-bond donors (Lipinski definition) is 1. The van der Waals surface area contributed by atoms with Crippen LogP contribution in [0.5, 0.6) is 0 Å². The van der Waals surface area contributed by atoms with E-state index in [9.17, 15) is 4.79 Å². The molecule has 0 saturated carbocycles. The number of aryl methyl sites for hydroxylation is 1. The smallest absolute Gasteiger partial charge is 0.306 e. The molecule has 1 N–H and O–H groups in total. The first kappa shape index (κ1) is 12.7. The van der Waals surface area contributed by atoms with Crippen molar-refractivity contribution in [3.05, 3.63) is 59.4 Å². The van der Waals surface area contributed by atoms with Crippen molar-refractivity contribution in [2.75, 3.05) is 17.6 Å². The van der Waals surface area contributed by atoms with Crippen molar-refractivity contribution < 1.29 is 4.79 Å². The first-order valence-electron chi connectivity index (χ1n) is 6.97. The predicted molar refractivity (Wildman–Crippen MR) is 84.4 cm³/mol. The lowest BCUT2D eigenvalue weighted by Gasteiger charge is -2.42. The molecule has 1 aromatic heterocycles. The van der Waals surface area contributed by atoms with Crippen molar-refractivity contribution in [2.45, 2.75) is 11.8 Å². The second kappa shape index (κ2) is 4.49. The minimum absolute atomic E-state index is 0.0398. The molecule has 4 rings (SSSR count). The van der Waals surface area contributed by atoms with Gasteiger partial charge in [-0.3, -0.25) is 9.88 Å². The predicted octanol–water partition coefficient (Wildman–Crippen LogP) is 3.19. The van der Waals surface area contributed by atoms with Crippen molar-refractivity contribution in [1.82, 2.24) is 9.88 Å². The van der Waals surface area contributed by atoms with Crippen molar-refractivity contribution >= 4 is 23.5 Å². The van der Waals surface area contributed by atoms with Gasteiger partial charge < -0.3 is 5.32 Å². The number of urea groups is 1. The Morgan fingerprint density at radius 3 is 3.10 bits per heavy atom. The Kier molecular flexibility index (Phi) is 2.72. The molecular weight excluding hydrogens is 282 g/mol. The lowest BCUT2D eigenvalue weighted by Crippen LogP contribution is -2.50. The van der Waals surface area contributed by atoms with Gasteiger partial charge in [-0.15, -0.1) is 11.8 Å². The van der Waals surface area contributed by atoms with Gasteiger partial charge in [-0.05, 0) is 24.6 Å². The molecule has 0 spiro atoms. The summed E-state index contributed by atoms with van der Waals surface area (Å²) in [4.78, 5) is 18.5. The summed E-state index contributed by atoms with van der Waals surface area (Å²) >= 11 is 1.78. The second-order valence-electron chi connectivity index (χ2n) is 5.34. The average molecular weight is 297 g/mol. The average Bonchev–Trinajstić information content (AvgIpc) is 2.94. The van der Waals surface area contributed by atoms with E-state index >= 15 is 0 Å². The molecule has 0 radical (unpaired) electrons. The van der Waals surface area contributed by atoms with Gasteiger partial charge in [0.1, 0.15) is 5.69 Å². The van der Waals surface area contributed by atoms with E-state index < -0.39 is 4.87 Å². The Morgan fingerprint density at radius 1 is 1.33 bits per heavy atom. The molecule has 0 aliphatic carbocycles. The summed E-state index contributed by atoms with van der Waals surface area (Å²) < 4.78 is 0. The summed E-state index contributed by atoms with van der Waals surface area (Å²) in [5, 5.41) is 2.95. The van der Waals surface area contributed by atoms with Crippen LogP contribution in [0.25, 0.3) is 0 Å². The zero-order valence-electron chi connectivity index (χ0n) is 11.7. The molecular formula is C16H15N3OS. The van der Waals surface area contributed by atoms with E-state index in [0.29, 0.717) is 0 Å². The molecule has 0 bridgehead atoms. The van der Waals surface area contributed by atoms with E-state index in [1.165, 1.54) is 5.56 Å². The molecule has 2 aliphatic rings. The van der Waals surface area contributed by atoms with E-state index in [0.717, 1.165) is 29.2 Å². The number of anilines is 1. The number of benzene rings is 1. The van der Waals surface area contributed by atoms with Gasteiger partial charge in [-0.2, -0.15) is 0 Å². The summed E-state index contributed by atoms with van der Waals surface area (Å²) in [6, 6.07) is 12.1. The number of pyridine rings is 1. The molecule has 1 saturated heterocycles. The molecule has 4 nitrogen and oxygen atoms in total. The zero-order valence-corrected chi connectivity index (χ0v) is 12.5. The highest BCUT2D eigenvalue weighted by atomic mass is 32.2. The fraction of sp³-hybridized carbons (Fsp3) is 0.250. The van der Waals surface area contributed by atoms with Gasteiger partial charge in [0.25, 0.3) is 0 Å². The van der Waals surface area contributed by atoms with Crippen LogP contribution in [0.2, 0.25) is 0 Å². The Balaban J connectivity index is 2.01. The fourth-order valence-corrected chi connectivity index (χ4v) is 4.64. The number of rotatable bonds is 1. The number of fused-ring (bicyclic) bond motifs is 3. The lowest BCUT2D eigenvalue weighted by molar-refractivity contribution is 0.194. The summed E-state index contributed by atoms with van der Waals surface area (Å²) in [5.74, 6) is 0.914. The topological polar surface area (TPSA) is 45.2 Å². The molecule has 2 aliphatic heterocycles. The van der Waals surface area contributed by atoms with Crippen LogP contribution in [0, 0.1) is 6.92 Å². The van der Waals surface area contributed by atoms with Crippen molar-refractivity contribution in [3.8, 4) is 0 Å². The maximum atomic E-state index is 12.5. The van der Waals surface area contributed by atoms with Gasteiger partial charge in [-0.1, -0.05) is 29.8 Å². The van der Waals surface area contributed by atoms with Gasteiger partial charge in [0.15, 0.2) is 4.87 Å². The van der Waals surface area contributed by atoms with Crippen molar-refractivity contribution in [2.24, 2.45) is 0 Å². The molecule has 21 heavy (non-hydrogen) atoms. The van der Waals surface area contributed by atoms with E-state index in [-0.39, 0.29) is 6.03 Å². The molecule has 1 unspecified atom stereocenters. The first-order valence-corrected chi connectivity index (χ1v) is 7.95. The number of nitrogens with one attached hydrogen (secondary N) is 1. The van der Waals surface area contributed by atoms with Gasteiger partial charge in [-0.25, -0.2) is 4.79 Å². The Hall–Kier alpha value is -2.01. The minimum atomic E-state index is -0.495. The van der Waals surface area contributed by atoms with E-state index in [1.807, 2.05) is 23.1 Å². The van der Waals surface area contributed by atoms with Crippen LogP contribution in [0.15, 0.2) is 42.6 Å². The maximum absolute atomic E-state index is 12.5. The molecule has 106 valence electrons. The van der Waals surface area contributed by atoms with Gasteiger partial charge in [0.05, 0.1) is 5.69 Å². The van der Waals surface area contributed by atoms with Crippen molar-refractivity contribution in [1.29, 1.82) is 0 Å². The highest BCUT2D eigenvalue weighted by Gasteiger charge is 2.52. The Morgan fingerprint density at radius 2 is 2.24 bits per heavy atom. The van der Waals surface area contributed by atoms with Gasteiger partial charge in [0, 0.05) is 18.5 Å². The van der Waals surface area contributed by atoms with Gasteiger partial charge >= 0.3 is 6.03 Å². The molecule has 5 heteroatoms. The third-order valence-electron chi connectivity index (χ3n) is 4.03. The monoisotopic (exact) mass is 297 g/mol. The Labute approximate surface area is 127 Å². The van der Waals surface area contributed by atoms with Crippen LogP contribution in [-0.2, 0) is 4.87 Å². The quantitative estimate of drug-likeness (QED) is 0.879. The fourth-order valence-electron chi connectivity index (χ4n) is 3.15. The summed E-state index contributed by atoms with van der Waals surface area (Å²) in [7, 11) is 0. The van der Waals surface area contributed by atoms with E-state index in [1.54, 1.807) is 18.0 Å². The second-order valence-corrected chi connectivity index (χ2v) is 6.63. The zero-order chi connectivity index (χ0) is 14.4. The molecule has 1 atom stereocenters. The van der Waals surface area contributed by atoms with Crippen LogP contribution in [0.4, 0.5) is 10.5 Å². The van der Waals surface area contributed by atoms with Crippen LogP contribution >= 0.6 is 11.8 Å². The maximum Gasteiger partial charge on any atom is 0.323 e.